The highest BCUT2D eigenvalue weighted by atomic mass is 16.5. The molecule has 5 heteroatoms. The van der Waals surface area contributed by atoms with E-state index in [1.165, 1.54) is 0 Å². The van der Waals surface area contributed by atoms with Crippen LogP contribution in [0.2, 0.25) is 0 Å². The lowest BCUT2D eigenvalue weighted by atomic mass is 10.2. The number of nitrogen functional groups attached to an aromatic ring is 1. The normalized spacial score (nSPS) is 9.56. The van der Waals surface area contributed by atoms with Gasteiger partial charge >= 0.3 is 0 Å². The van der Waals surface area contributed by atoms with Gasteiger partial charge in [0.05, 0.1) is 0 Å². The van der Waals surface area contributed by atoms with E-state index in [0.29, 0.717) is 17.5 Å². The molecule has 0 radical (unpaired) electrons. The summed E-state index contributed by atoms with van der Waals surface area (Å²) >= 11 is 0. The maximum absolute atomic E-state index is 5.36. The highest BCUT2D eigenvalue weighted by Gasteiger charge is 2.06. The van der Waals surface area contributed by atoms with Crippen LogP contribution in [-0.2, 0) is 0 Å². The van der Waals surface area contributed by atoms with E-state index in [2.05, 4.69) is 21.3 Å². The molecule has 2 aromatic rings. The van der Waals surface area contributed by atoms with Crippen molar-refractivity contribution in [1.29, 1.82) is 0 Å². The van der Waals surface area contributed by atoms with Crippen LogP contribution in [0.15, 0.2) is 36.4 Å². The fourth-order valence-electron chi connectivity index (χ4n) is 1.40. The van der Waals surface area contributed by atoms with Crippen LogP contribution in [-0.4, -0.2) is 16.6 Å². The predicted molar refractivity (Wildman–Crippen MR) is 69.6 cm³/mol. The number of nitrogens with one attached hydrogen (secondary N) is 1. The highest BCUT2D eigenvalue weighted by molar-refractivity contribution is 5.57. The highest BCUT2D eigenvalue weighted by Crippen LogP contribution is 2.20. The second-order valence-electron chi connectivity index (χ2n) is 3.42. The lowest BCUT2D eigenvalue weighted by molar-refractivity contribution is 0.355. The number of aromatic nitrogens is 2. The zero-order valence-corrected chi connectivity index (χ0v) is 9.63. The largest absolute Gasteiger partial charge is 0.464 e. The molecule has 0 aliphatic rings. The van der Waals surface area contributed by atoms with Gasteiger partial charge in [-0.3, -0.25) is 0 Å². The molecule has 3 N–H and O–H groups in total. The van der Waals surface area contributed by atoms with Gasteiger partial charge in [-0.15, -0.1) is 6.42 Å². The molecule has 90 valence electrons. The number of nitrogens with two attached hydrogens (primary N) is 1. The average Bonchev–Trinajstić information content (AvgIpc) is 2.45. The molecule has 2 rings (SSSR count). The summed E-state index contributed by atoms with van der Waals surface area (Å²) in [6, 6.07) is 11.1. The quantitative estimate of drug-likeness (QED) is 0.480. The molecule has 0 aliphatic heterocycles. The molecule has 0 unspecified atom stereocenters. The third-order valence-electron chi connectivity index (χ3n) is 2.19. The van der Waals surface area contributed by atoms with Crippen molar-refractivity contribution in [2.75, 3.05) is 12.0 Å². The Bertz CT molecular complexity index is 563. The van der Waals surface area contributed by atoms with Crippen molar-refractivity contribution >= 4 is 5.82 Å². The van der Waals surface area contributed by atoms with Crippen LogP contribution in [0.1, 0.15) is 0 Å². The summed E-state index contributed by atoms with van der Waals surface area (Å²) in [6.45, 7) is 0.148. The number of terminal acetylenes is 1. The maximum Gasteiger partial charge on any atom is 0.220 e. The summed E-state index contributed by atoms with van der Waals surface area (Å²) in [5.74, 6) is 9.12. The van der Waals surface area contributed by atoms with Crippen molar-refractivity contribution in [3.8, 4) is 29.6 Å². The average molecular weight is 240 g/mol. The number of nitrogens with zero attached hydrogens (tertiary/aromatic N) is 2. The zero-order chi connectivity index (χ0) is 12.8. The number of anilines is 1. The van der Waals surface area contributed by atoms with Crippen molar-refractivity contribution in [3.05, 3.63) is 36.4 Å². The van der Waals surface area contributed by atoms with Crippen LogP contribution in [0.4, 0.5) is 5.82 Å². The van der Waals surface area contributed by atoms with Crippen molar-refractivity contribution in [3.63, 3.8) is 0 Å². The molecule has 0 fully saturated rings. The third-order valence-corrected chi connectivity index (χ3v) is 2.19. The van der Waals surface area contributed by atoms with Crippen LogP contribution in [0.5, 0.6) is 5.88 Å². The van der Waals surface area contributed by atoms with E-state index in [0.717, 1.165) is 5.56 Å². The first-order chi connectivity index (χ1) is 8.83. The Morgan fingerprint density at radius 2 is 2.06 bits per heavy atom. The SMILES string of the molecule is C#CCOc1cc(NN)nc(-c2ccccc2)n1. The maximum atomic E-state index is 5.36. The fourth-order valence-corrected chi connectivity index (χ4v) is 1.40. The minimum absolute atomic E-state index is 0.148. The van der Waals surface area contributed by atoms with E-state index in [4.69, 9.17) is 17.0 Å². The van der Waals surface area contributed by atoms with E-state index < -0.39 is 0 Å². The Morgan fingerprint density at radius 1 is 1.28 bits per heavy atom. The van der Waals surface area contributed by atoms with Gasteiger partial charge in [-0.2, -0.15) is 4.98 Å². The topological polar surface area (TPSA) is 73.1 Å². The second kappa shape index (κ2) is 5.66. The molecular weight excluding hydrogens is 228 g/mol. The van der Waals surface area contributed by atoms with E-state index in [1.807, 2.05) is 30.3 Å². The van der Waals surface area contributed by atoms with Crippen LogP contribution in [0.25, 0.3) is 11.4 Å². The molecule has 0 spiro atoms. The van der Waals surface area contributed by atoms with E-state index >= 15 is 0 Å². The predicted octanol–water partition coefficient (Wildman–Crippen LogP) is 1.44. The minimum Gasteiger partial charge on any atom is -0.464 e. The van der Waals surface area contributed by atoms with Crippen LogP contribution < -0.4 is 16.0 Å². The third kappa shape index (κ3) is 2.75. The van der Waals surface area contributed by atoms with Gasteiger partial charge in [0, 0.05) is 11.6 Å². The lowest BCUT2D eigenvalue weighted by Gasteiger charge is -2.07. The Hall–Kier alpha value is -2.58. The van der Waals surface area contributed by atoms with Gasteiger partial charge in [0.15, 0.2) is 12.4 Å². The van der Waals surface area contributed by atoms with Gasteiger partial charge < -0.3 is 10.2 Å². The minimum atomic E-state index is 0.148. The molecule has 1 heterocycles. The molecule has 0 saturated heterocycles. The van der Waals surface area contributed by atoms with Crippen LogP contribution >= 0.6 is 0 Å². The first-order valence-electron chi connectivity index (χ1n) is 5.31. The number of hydrogen-bond acceptors (Lipinski definition) is 5. The number of benzene rings is 1. The van der Waals surface area contributed by atoms with Gasteiger partial charge in [0.1, 0.15) is 5.82 Å². The monoisotopic (exact) mass is 240 g/mol. The lowest BCUT2D eigenvalue weighted by Crippen LogP contribution is -2.10. The molecule has 1 aromatic heterocycles. The van der Waals surface area contributed by atoms with Gasteiger partial charge in [-0.25, -0.2) is 10.8 Å². The van der Waals surface area contributed by atoms with Gasteiger partial charge in [0.2, 0.25) is 5.88 Å². The molecular formula is C13H12N4O. The van der Waals surface area contributed by atoms with Gasteiger partial charge in [0.25, 0.3) is 0 Å². The summed E-state index contributed by atoms with van der Waals surface area (Å²) < 4.78 is 5.28. The zero-order valence-electron chi connectivity index (χ0n) is 9.63. The molecule has 1 aromatic carbocycles. The smallest absolute Gasteiger partial charge is 0.220 e. The van der Waals surface area contributed by atoms with E-state index in [1.54, 1.807) is 6.07 Å². The molecule has 0 atom stereocenters. The summed E-state index contributed by atoms with van der Waals surface area (Å²) in [5.41, 5.74) is 3.35. The van der Waals surface area contributed by atoms with Gasteiger partial charge in [-0.05, 0) is 0 Å². The Morgan fingerprint density at radius 3 is 2.72 bits per heavy atom. The van der Waals surface area contributed by atoms with E-state index in [-0.39, 0.29) is 6.61 Å². The van der Waals surface area contributed by atoms with Crippen molar-refractivity contribution < 1.29 is 4.74 Å². The van der Waals surface area contributed by atoms with Crippen LogP contribution in [0.3, 0.4) is 0 Å². The number of ether oxygens (including phenoxy) is 1. The summed E-state index contributed by atoms with van der Waals surface area (Å²) in [4.78, 5) is 8.52. The Balaban J connectivity index is 2.38. The first-order valence-corrected chi connectivity index (χ1v) is 5.31. The number of hydrogen-bond donors (Lipinski definition) is 2. The standard InChI is InChI=1S/C13H12N4O/c1-2-8-18-12-9-11(17-14)15-13(16-12)10-6-4-3-5-7-10/h1,3-7,9H,8,14H2,(H,15,16,17). The Kier molecular flexibility index (Phi) is 3.74. The first kappa shape index (κ1) is 11.9. The number of rotatable bonds is 4. The molecule has 0 aliphatic carbocycles. The molecule has 0 bridgehead atoms. The summed E-state index contributed by atoms with van der Waals surface area (Å²) in [6.07, 6.45) is 5.14. The van der Waals surface area contributed by atoms with Crippen molar-refractivity contribution in [1.82, 2.24) is 9.97 Å². The van der Waals surface area contributed by atoms with Crippen molar-refractivity contribution in [2.24, 2.45) is 5.84 Å². The van der Waals surface area contributed by atoms with Gasteiger partial charge in [-0.1, -0.05) is 36.3 Å². The Labute approximate surface area is 105 Å². The second-order valence-corrected chi connectivity index (χ2v) is 3.42. The molecule has 18 heavy (non-hydrogen) atoms. The molecule has 0 saturated carbocycles. The summed E-state index contributed by atoms with van der Waals surface area (Å²) in [7, 11) is 0. The number of hydrazine groups is 1. The summed E-state index contributed by atoms with van der Waals surface area (Å²) in [5, 5.41) is 0. The molecule has 5 nitrogen and oxygen atoms in total. The fraction of sp³-hybridized carbons (Fsp3) is 0.0769. The van der Waals surface area contributed by atoms with Crippen molar-refractivity contribution in [2.45, 2.75) is 0 Å². The van der Waals surface area contributed by atoms with E-state index in [9.17, 15) is 0 Å². The van der Waals surface area contributed by atoms with Crippen LogP contribution in [0, 0.1) is 12.3 Å². The molecule has 0 amide bonds.